The van der Waals surface area contributed by atoms with Crippen LogP contribution in [0.5, 0.6) is 11.5 Å². The SMILES string of the molecule is CS(=O)(=O)c1ncc(Cl)c(C(=O)NCc2ccc3c(c2)OCO3)n1. The maximum absolute atomic E-state index is 12.2. The Hall–Kier alpha value is -2.39. The largest absolute Gasteiger partial charge is 0.454 e. The summed E-state index contributed by atoms with van der Waals surface area (Å²) in [6, 6.07) is 5.26. The van der Waals surface area contributed by atoms with Crippen molar-refractivity contribution in [3.8, 4) is 11.5 Å². The highest BCUT2D eigenvalue weighted by Gasteiger charge is 2.19. The Labute approximate surface area is 142 Å². The molecule has 2 aromatic rings. The van der Waals surface area contributed by atoms with E-state index in [1.165, 1.54) is 0 Å². The minimum atomic E-state index is -3.64. The molecule has 0 aliphatic carbocycles. The number of sulfone groups is 1. The Balaban J connectivity index is 1.75. The Morgan fingerprint density at radius 2 is 2.08 bits per heavy atom. The molecule has 1 aromatic heterocycles. The molecule has 1 aliphatic heterocycles. The maximum atomic E-state index is 12.2. The molecule has 2 heterocycles. The molecule has 24 heavy (non-hydrogen) atoms. The van der Waals surface area contributed by atoms with Crippen molar-refractivity contribution in [2.75, 3.05) is 13.0 Å². The Morgan fingerprint density at radius 3 is 2.83 bits per heavy atom. The summed E-state index contributed by atoms with van der Waals surface area (Å²) >= 11 is 5.88. The predicted molar refractivity (Wildman–Crippen MR) is 83.9 cm³/mol. The fraction of sp³-hybridized carbons (Fsp3) is 0.214. The highest BCUT2D eigenvalue weighted by atomic mass is 35.5. The molecule has 1 amide bonds. The number of halogens is 1. The molecule has 0 radical (unpaired) electrons. The first kappa shape index (κ1) is 16.5. The minimum Gasteiger partial charge on any atom is -0.454 e. The molecule has 0 unspecified atom stereocenters. The van der Waals surface area contributed by atoms with E-state index in [2.05, 4.69) is 15.3 Å². The van der Waals surface area contributed by atoms with Gasteiger partial charge in [-0.15, -0.1) is 0 Å². The molecular weight excluding hydrogens is 358 g/mol. The first-order valence-corrected chi connectivity index (χ1v) is 9.01. The number of amides is 1. The lowest BCUT2D eigenvalue weighted by Crippen LogP contribution is -2.25. The maximum Gasteiger partial charge on any atom is 0.271 e. The van der Waals surface area contributed by atoms with E-state index in [1.807, 2.05) is 0 Å². The van der Waals surface area contributed by atoms with Crippen LogP contribution < -0.4 is 14.8 Å². The highest BCUT2D eigenvalue weighted by Crippen LogP contribution is 2.32. The number of nitrogens with one attached hydrogen (secondary N) is 1. The number of hydrogen-bond donors (Lipinski definition) is 1. The molecule has 3 rings (SSSR count). The first-order valence-electron chi connectivity index (χ1n) is 6.74. The molecule has 0 bridgehead atoms. The third kappa shape index (κ3) is 3.41. The summed E-state index contributed by atoms with van der Waals surface area (Å²) in [5.41, 5.74) is 0.578. The van der Waals surface area contributed by atoms with Crippen LogP contribution in [0.1, 0.15) is 16.1 Å². The van der Waals surface area contributed by atoms with Crippen molar-refractivity contribution in [3.63, 3.8) is 0 Å². The second-order valence-corrected chi connectivity index (χ2v) is 7.31. The summed E-state index contributed by atoms with van der Waals surface area (Å²) in [5.74, 6) is 0.632. The smallest absolute Gasteiger partial charge is 0.271 e. The Morgan fingerprint density at radius 1 is 1.33 bits per heavy atom. The monoisotopic (exact) mass is 369 g/mol. The van der Waals surface area contributed by atoms with Gasteiger partial charge in [-0.25, -0.2) is 18.4 Å². The molecule has 0 saturated carbocycles. The summed E-state index contributed by atoms with van der Waals surface area (Å²) in [6.07, 6.45) is 2.03. The molecule has 0 atom stereocenters. The topological polar surface area (TPSA) is 107 Å². The Kier molecular flexibility index (Phi) is 4.29. The standard InChI is InChI=1S/C14H12ClN3O5S/c1-24(20,21)14-17-6-9(15)12(18-14)13(19)16-5-8-2-3-10-11(4-8)23-7-22-10/h2-4,6H,5,7H2,1H3,(H,16,19). The molecular formula is C14H12ClN3O5S. The van der Waals surface area contributed by atoms with Gasteiger partial charge in [0.2, 0.25) is 21.8 Å². The van der Waals surface area contributed by atoms with Crippen molar-refractivity contribution in [3.05, 3.63) is 40.7 Å². The van der Waals surface area contributed by atoms with E-state index in [0.717, 1.165) is 18.0 Å². The van der Waals surface area contributed by atoms with Crippen molar-refractivity contribution in [1.82, 2.24) is 15.3 Å². The summed E-state index contributed by atoms with van der Waals surface area (Å²) < 4.78 is 33.4. The van der Waals surface area contributed by atoms with Crippen LogP contribution in [0.15, 0.2) is 29.6 Å². The van der Waals surface area contributed by atoms with Gasteiger partial charge in [-0.2, -0.15) is 0 Å². The van der Waals surface area contributed by atoms with E-state index in [4.69, 9.17) is 21.1 Å². The zero-order valence-corrected chi connectivity index (χ0v) is 14.0. The number of hydrogen-bond acceptors (Lipinski definition) is 7. The van der Waals surface area contributed by atoms with Gasteiger partial charge in [0.15, 0.2) is 17.2 Å². The van der Waals surface area contributed by atoms with Gasteiger partial charge in [0.25, 0.3) is 5.91 Å². The normalized spacial score (nSPS) is 12.9. The number of rotatable bonds is 4. The van der Waals surface area contributed by atoms with Gasteiger partial charge in [-0.3, -0.25) is 4.79 Å². The number of ether oxygens (including phenoxy) is 2. The van der Waals surface area contributed by atoms with E-state index in [0.29, 0.717) is 11.5 Å². The minimum absolute atomic E-state index is 0.0365. The van der Waals surface area contributed by atoms with E-state index < -0.39 is 20.9 Å². The number of carbonyl (C=O) groups is 1. The van der Waals surface area contributed by atoms with Crippen molar-refractivity contribution >= 4 is 27.3 Å². The molecule has 1 aromatic carbocycles. The quantitative estimate of drug-likeness (QED) is 0.806. The van der Waals surface area contributed by atoms with Crippen LogP contribution in [0, 0.1) is 0 Å². The lowest BCUT2D eigenvalue weighted by Gasteiger charge is -2.07. The van der Waals surface area contributed by atoms with Gasteiger partial charge in [0.1, 0.15) is 0 Å². The van der Waals surface area contributed by atoms with Crippen LogP contribution in [0.25, 0.3) is 0 Å². The average molecular weight is 370 g/mol. The predicted octanol–water partition coefficient (Wildman–Crippen LogP) is 1.19. The second-order valence-electron chi connectivity index (χ2n) is 4.99. The van der Waals surface area contributed by atoms with Crippen molar-refractivity contribution in [2.24, 2.45) is 0 Å². The number of fused-ring (bicyclic) bond motifs is 1. The summed E-state index contributed by atoms with van der Waals surface area (Å²) in [7, 11) is -3.64. The van der Waals surface area contributed by atoms with Crippen LogP contribution in [0.4, 0.5) is 0 Å². The van der Waals surface area contributed by atoms with E-state index in [9.17, 15) is 13.2 Å². The number of aromatic nitrogens is 2. The number of carbonyl (C=O) groups excluding carboxylic acids is 1. The third-order valence-electron chi connectivity index (χ3n) is 3.16. The summed E-state index contributed by atoms with van der Waals surface area (Å²) in [6.45, 7) is 0.347. The van der Waals surface area contributed by atoms with Gasteiger partial charge in [0, 0.05) is 12.8 Å². The van der Waals surface area contributed by atoms with Crippen LogP contribution in [-0.2, 0) is 16.4 Å². The fourth-order valence-electron chi connectivity index (χ4n) is 2.01. The lowest BCUT2D eigenvalue weighted by atomic mass is 10.2. The van der Waals surface area contributed by atoms with E-state index in [-0.39, 0.29) is 24.1 Å². The zero-order chi connectivity index (χ0) is 17.3. The number of nitrogens with zero attached hydrogens (tertiary/aromatic N) is 2. The van der Waals surface area contributed by atoms with Crippen molar-refractivity contribution in [2.45, 2.75) is 11.7 Å². The molecule has 1 N–H and O–H groups in total. The third-order valence-corrected chi connectivity index (χ3v) is 4.30. The van der Waals surface area contributed by atoms with Gasteiger partial charge < -0.3 is 14.8 Å². The summed E-state index contributed by atoms with van der Waals surface area (Å²) in [5, 5.41) is 2.13. The molecule has 0 spiro atoms. The van der Waals surface area contributed by atoms with Crippen molar-refractivity contribution in [1.29, 1.82) is 0 Å². The zero-order valence-electron chi connectivity index (χ0n) is 12.4. The average Bonchev–Trinajstić information content (AvgIpc) is 2.99. The van der Waals surface area contributed by atoms with Gasteiger partial charge in [-0.1, -0.05) is 17.7 Å². The molecule has 8 nitrogen and oxygen atoms in total. The number of benzene rings is 1. The molecule has 126 valence electrons. The molecule has 1 aliphatic rings. The Bertz CT molecular complexity index is 917. The van der Waals surface area contributed by atoms with E-state index >= 15 is 0 Å². The second kappa shape index (κ2) is 6.25. The first-order chi connectivity index (χ1) is 11.3. The van der Waals surface area contributed by atoms with Crippen molar-refractivity contribution < 1.29 is 22.7 Å². The van der Waals surface area contributed by atoms with Crippen LogP contribution in [0.2, 0.25) is 5.02 Å². The van der Waals surface area contributed by atoms with E-state index in [1.54, 1.807) is 18.2 Å². The lowest BCUT2D eigenvalue weighted by molar-refractivity contribution is 0.0945. The molecule has 0 saturated heterocycles. The highest BCUT2D eigenvalue weighted by molar-refractivity contribution is 7.90. The van der Waals surface area contributed by atoms with Crippen LogP contribution in [-0.4, -0.2) is 37.3 Å². The van der Waals surface area contributed by atoms with Gasteiger partial charge in [-0.05, 0) is 17.7 Å². The van der Waals surface area contributed by atoms with Gasteiger partial charge in [0.05, 0.1) is 11.2 Å². The molecule has 0 fully saturated rings. The van der Waals surface area contributed by atoms with Crippen LogP contribution in [0.3, 0.4) is 0 Å². The summed E-state index contributed by atoms with van der Waals surface area (Å²) in [4.78, 5) is 19.5. The van der Waals surface area contributed by atoms with Gasteiger partial charge >= 0.3 is 0 Å². The van der Waals surface area contributed by atoms with Crippen LogP contribution >= 0.6 is 11.6 Å². The fourth-order valence-corrected chi connectivity index (χ4v) is 2.68. The molecule has 10 heteroatoms.